The summed E-state index contributed by atoms with van der Waals surface area (Å²) in [6.07, 6.45) is 3.65. The van der Waals surface area contributed by atoms with Gasteiger partial charge in [-0.05, 0) is 63.9 Å². The Morgan fingerprint density at radius 2 is 1.14 bits per heavy atom. The van der Waals surface area contributed by atoms with Crippen molar-refractivity contribution in [3.05, 3.63) is 146 Å². The summed E-state index contributed by atoms with van der Waals surface area (Å²) in [4.78, 5) is 19.4. The molecular formula is C40H24N4. The zero-order chi connectivity index (χ0) is 29.0. The first-order chi connectivity index (χ1) is 21.8. The van der Waals surface area contributed by atoms with E-state index < -0.39 is 0 Å². The van der Waals surface area contributed by atoms with Crippen molar-refractivity contribution in [2.45, 2.75) is 0 Å². The summed E-state index contributed by atoms with van der Waals surface area (Å²) in [5, 5.41) is 6.81. The van der Waals surface area contributed by atoms with Crippen LogP contribution in [-0.4, -0.2) is 19.9 Å². The Labute approximate surface area is 253 Å². The minimum atomic E-state index is 0.869. The number of aromatic nitrogens is 4. The summed E-state index contributed by atoms with van der Waals surface area (Å²) in [6.45, 7) is 0. The highest BCUT2D eigenvalue weighted by Crippen LogP contribution is 2.42. The lowest BCUT2D eigenvalue weighted by molar-refractivity contribution is 1.28. The highest BCUT2D eigenvalue weighted by molar-refractivity contribution is 6.20. The van der Waals surface area contributed by atoms with E-state index in [1.54, 1.807) is 6.20 Å². The fourth-order valence-corrected chi connectivity index (χ4v) is 6.49. The molecule has 204 valence electrons. The van der Waals surface area contributed by atoms with Crippen LogP contribution in [-0.2, 0) is 0 Å². The Kier molecular flexibility index (Phi) is 5.47. The first-order valence-corrected chi connectivity index (χ1v) is 14.7. The number of nitrogens with zero attached hydrogens (tertiary/aromatic N) is 4. The minimum absolute atomic E-state index is 0.869. The summed E-state index contributed by atoms with van der Waals surface area (Å²) in [6, 6.07) is 46.7. The van der Waals surface area contributed by atoms with Gasteiger partial charge in [-0.3, -0.25) is 9.97 Å². The molecule has 0 saturated carbocycles. The number of benzene rings is 5. The highest BCUT2D eigenvalue weighted by atomic mass is 14.8. The van der Waals surface area contributed by atoms with E-state index in [2.05, 4.69) is 108 Å². The lowest BCUT2D eigenvalue weighted by Gasteiger charge is -2.16. The lowest BCUT2D eigenvalue weighted by Crippen LogP contribution is -1.93. The minimum Gasteiger partial charge on any atom is -0.255 e. The highest BCUT2D eigenvalue weighted by Gasteiger charge is 2.17. The summed E-state index contributed by atoms with van der Waals surface area (Å²) in [5.41, 5.74) is 10.2. The molecule has 0 atom stereocenters. The number of pyridine rings is 4. The van der Waals surface area contributed by atoms with Crippen LogP contribution in [0.3, 0.4) is 0 Å². The molecule has 5 aromatic carbocycles. The molecule has 9 rings (SSSR count). The number of fused-ring (bicyclic) bond motifs is 6. The second-order valence-electron chi connectivity index (χ2n) is 11.1. The summed E-state index contributed by atoms with van der Waals surface area (Å²) >= 11 is 0. The molecule has 44 heavy (non-hydrogen) atoms. The van der Waals surface area contributed by atoms with Crippen LogP contribution >= 0.6 is 0 Å². The van der Waals surface area contributed by atoms with Crippen molar-refractivity contribution in [1.82, 2.24) is 19.9 Å². The SMILES string of the molecule is c1ccc(-c2ccc3ccc(-c4ccc(-c5c6ccccc6nc6c5ccc5cccnc56)c5ccccc45)cc3n2)nc1. The standard InChI is InChI=1S/C40H24N4/c1-2-10-30-29(9-1)28(27-15-14-25-17-21-36(43-37(25)24-27)35-13-5-6-22-41-35)19-20-31(30)38-32-11-3-4-12-34(32)44-40-33(38)18-16-26-8-7-23-42-39(26)40/h1-24H. The van der Waals surface area contributed by atoms with Gasteiger partial charge in [0, 0.05) is 39.5 Å². The predicted octanol–water partition coefficient (Wildman–Crippen LogP) is 10.0. The Bertz CT molecular complexity index is 2560. The second kappa shape index (κ2) is 9.79. The van der Waals surface area contributed by atoms with Gasteiger partial charge in [0.2, 0.25) is 0 Å². The van der Waals surface area contributed by atoms with E-state index in [4.69, 9.17) is 15.0 Å². The molecule has 4 heterocycles. The van der Waals surface area contributed by atoms with Gasteiger partial charge in [0.1, 0.15) is 0 Å². The molecule has 4 aromatic heterocycles. The molecule has 0 unspecified atom stereocenters. The topological polar surface area (TPSA) is 51.6 Å². The van der Waals surface area contributed by atoms with Crippen LogP contribution in [0.15, 0.2) is 146 Å². The largest absolute Gasteiger partial charge is 0.255 e. The average molecular weight is 561 g/mol. The molecule has 0 spiro atoms. The van der Waals surface area contributed by atoms with E-state index in [0.29, 0.717) is 0 Å². The van der Waals surface area contributed by atoms with Crippen LogP contribution < -0.4 is 0 Å². The lowest BCUT2D eigenvalue weighted by atomic mass is 9.88. The molecule has 4 nitrogen and oxygen atoms in total. The monoisotopic (exact) mass is 560 g/mol. The number of hydrogen-bond acceptors (Lipinski definition) is 4. The first kappa shape index (κ1) is 24.6. The van der Waals surface area contributed by atoms with E-state index in [0.717, 1.165) is 60.6 Å². The predicted molar refractivity (Wildman–Crippen MR) is 181 cm³/mol. The molecule has 0 aliphatic heterocycles. The molecule has 0 amide bonds. The van der Waals surface area contributed by atoms with Gasteiger partial charge in [-0.1, -0.05) is 97.1 Å². The molecular weight excluding hydrogens is 536 g/mol. The maximum atomic E-state index is 5.12. The molecule has 0 saturated heterocycles. The van der Waals surface area contributed by atoms with E-state index in [1.165, 1.54) is 27.5 Å². The van der Waals surface area contributed by atoms with E-state index >= 15 is 0 Å². The van der Waals surface area contributed by atoms with Crippen molar-refractivity contribution >= 4 is 54.4 Å². The van der Waals surface area contributed by atoms with Crippen molar-refractivity contribution in [3.63, 3.8) is 0 Å². The van der Waals surface area contributed by atoms with Crippen LogP contribution in [0.25, 0.3) is 88.0 Å². The van der Waals surface area contributed by atoms with Crippen LogP contribution in [0, 0.1) is 0 Å². The van der Waals surface area contributed by atoms with Gasteiger partial charge in [0.25, 0.3) is 0 Å². The van der Waals surface area contributed by atoms with E-state index in [1.807, 2.05) is 36.5 Å². The molecule has 0 bridgehead atoms. The third kappa shape index (κ3) is 3.85. The molecule has 0 N–H and O–H groups in total. The first-order valence-electron chi connectivity index (χ1n) is 14.7. The van der Waals surface area contributed by atoms with Gasteiger partial charge in [-0.2, -0.15) is 0 Å². The van der Waals surface area contributed by atoms with Crippen molar-refractivity contribution in [2.75, 3.05) is 0 Å². The Morgan fingerprint density at radius 3 is 2.02 bits per heavy atom. The quantitative estimate of drug-likeness (QED) is 0.159. The number of hydrogen-bond donors (Lipinski definition) is 0. The molecule has 0 fully saturated rings. The van der Waals surface area contributed by atoms with Gasteiger partial charge in [-0.25, -0.2) is 9.97 Å². The maximum absolute atomic E-state index is 5.12. The van der Waals surface area contributed by atoms with Gasteiger partial charge in [-0.15, -0.1) is 0 Å². The number of para-hydroxylation sites is 1. The Hall–Kier alpha value is -6.00. The zero-order valence-electron chi connectivity index (χ0n) is 23.6. The molecule has 9 aromatic rings. The number of rotatable bonds is 3. The molecule has 0 radical (unpaired) electrons. The second-order valence-corrected chi connectivity index (χ2v) is 11.1. The Balaban J connectivity index is 1.29. The van der Waals surface area contributed by atoms with Crippen LogP contribution in [0.5, 0.6) is 0 Å². The normalized spacial score (nSPS) is 11.6. The third-order valence-electron chi connectivity index (χ3n) is 8.55. The van der Waals surface area contributed by atoms with E-state index in [-0.39, 0.29) is 0 Å². The van der Waals surface area contributed by atoms with Gasteiger partial charge < -0.3 is 0 Å². The van der Waals surface area contributed by atoms with Crippen molar-refractivity contribution < 1.29 is 0 Å². The molecule has 0 aliphatic carbocycles. The fraction of sp³-hybridized carbons (Fsp3) is 0. The Morgan fingerprint density at radius 1 is 0.386 bits per heavy atom. The summed E-state index contributed by atoms with van der Waals surface area (Å²) in [7, 11) is 0. The van der Waals surface area contributed by atoms with Gasteiger partial charge >= 0.3 is 0 Å². The van der Waals surface area contributed by atoms with E-state index in [9.17, 15) is 0 Å². The van der Waals surface area contributed by atoms with Gasteiger partial charge in [0.05, 0.1) is 33.5 Å². The van der Waals surface area contributed by atoms with Crippen molar-refractivity contribution in [2.24, 2.45) is 0 Å². The summed E-state index contributed by atoms with van der Waals surface area (Å²) < 4.78 is 0. The smallest absolute Gasteiger partial charge is 0.0978 e. The van der Waals surface area contributed by atoms with Crippen molar-refractivity contribution in [1.29, 1.82) is 0 Å². The van der Waals surface area contributed by atoms with Crippen LogP contribution in [0.1, 0.15) is 0 Å². The van der Waals surface area contributed by atoms with Crippen molar-refractivity contribution in [3.8, 4) is 33.6 Å². The zero-order valence-corrected chi connectivity index (χ0v) is 23.6. The van der Waals surface area contributed by atoms with Crippen LogP contribution in [0.2, 0.25) is 0 Å². The third-order valence-corrected chi connectivity index (χ3v) is 8.55. The average Bonchev–Trinajstić information content (AvgIpc) is 3.10. The van der Waals surface area contributed by atoms with Gasteiger partial charge in [0.15, 0.2) is 0 Å². The summed E-state index contributed by atoms with van der Waals surface area (Å²) in [5.74, 6) is 0. The van der Waals surface area contributed by atoms with Crippen LogP contribution in [0.4, 0.5) is 0 Å². The fourth-order valence-electron chi connectivity index (χ4n) is 6.49. The molecule has 0 aliphatic rings. The maximum Gasteiger partial charge on any atom is 0.0978 e. The molecule has 4 heteroatoms.